The molecule has 0 bridgehead atoms. The van der Waals surface area contributed by atoms with Crippen LogP contribution in [0.2, 0.25) is 5.02 Å². The van der Waals surface area contributed by atoms with Gasteiger partial charge in [0.15, 0.2) is 0 Å². The van der Waals surface area contributed by atoms with Crippen molar-refractivity contribution in [3.05, 3.63) is 71.3 Å². The van der Waals surface area contributed by atoms with Crippen LogP contribution >= 0.6 is 11.6 Å². The molecule has 0 saturated heterocycles. The zero-order valence-corrected chi connectivity index (χ0v) is 14.6. The Labute approximate surface area is 146 Å². The standard InChI is InChI=1S/C17H17ClN2O3S/c1-3-10-19-17(21)13-4-9-16(12(2)11-13)20-24(22,23)15-7-5-14(18)6-8-15/h3-9,11,20H,1,10H2,2H3,(H,19,21). The number of amides is 1. The topological polar surface area (TPSA) is 75.3 Å². The lowest BCUT2D eigenvalue weighted by Crippen LogP contribution is -2.23. The van der Waals surface area contributed by atoms with Gasteiger partial charge < -0.3 is 5.32 Å². The Kier molecular flexibility index (Phi) is 5.64. The average Bonchev–Trinajstić information content (AvgIpc) is 2.54. The molecule has 2 aromatic rings. The molecule has 0 aliphatic carbocycles. The number of halogens is 1. The van der Waals surface area contributed by atoms with Gasteiger partial charge in [0.2, 0.25) is 0 Å². The van der Waals surface area contributed by atoms with Gasteiger partial charge >= 0.3 is 0 Å². The quantitative estimate of drug-likeness (QED) is 0.772. The Morgan fingerprint density at radius 1 is 1.21 bits per heavy atom. The molecular formula is C17H17ClN2O3S. The average molecular weight is 365 g/mol. The number of hydrogen-bond acceptors (Lipinski definition) is 3. The van der Waals surface area contributed by atoms with Gasteiger partial charge in [0.1, 0.15) is 0 Å². The first-order valence-electron chi connectivity index (χ1n) is 7.11. The van der Waals surface area contributed by atoms with E-state index in [1.807, 2.05) is 0 Å². The third kappa shape index (κ3) is 4.37. The molecule has 0 heterocycles. The molecule has 2 N–H and O–H groups in total. The van der Waals surface area contributed by atoms with Gasteiger partial charge in [0.05, 0.1) is 10.6 Å². The summed E-state index contributed by atoms with van der Waals surface area (Å²) in [5.74, 6) is -0.245. The van der Waals surface area contributed by atoms with E-state index in [0.717, 1.165) is 0 Å². The number of anilines is 1. The van der Waals surface area contributed by atoms with Crippen molar-refractivity contribution in [2.45, 2.75) is 11.8 Å². The van der Waals surface area contributed by atoms with Crippen LogP contribution in [0.5, 0.6) is 0 Å². The molecule has 0 spiro atoms. The lowest BCUT2D eigenvalue weighted by molar-refractivity contribution is 0.0958. The Bertz CT molecular complexity index is 862. The van der Waals surface area contributed by atoms with E-state index in [9.17, 15) is 13.2 Å². The maximum absolute atomic E-state index is 12.4. The van der Waals surface area contributed by atoms with E-state index in [2.05, 4.69) is 16.6 Å². The van der Waals surface area contributed by atoms with E-state index in [4.69, 9.17) is 11.6 Å². The van der Waals surface area contributed by atoms with E-state index < -0.39 is 10.0 Å². The summed E-state index contributed by atoms with van der Waals surface area (Å²) in [5.41, 5.74) is 1.49. The van der Waals surface area contributed by atoms with Gasteiger partial charge in [-0.1, -0.05) is 17.7 Å². The minimum absolute atomic E-state index is 0.110. The first-order valence-corrected chi connectivity index (χ1v) is 8.98. The zero-order chi connectivity index (χ0) is 17.7. The normalized spacial score (nSPS) is 10.9. The molecule has 0 aliphatic heterocycles. The van der Waals surface area contributed by atoms with Crippen molar-refractivity contribution >= 4 is 33.2 Å². The molecule has 2 aromatic carbocycles. The lowest BCUT2D eigenvalue weighted by atomic mass is 10.1. The van der Waals surface area contributed by atoms with Gasteiger partial charge in [-0.05, 0) is 55.0 Å². The Hall–Kier alpha value is -2.31. The molecule has 7 heteroatoms. The molecule has 0 aliphatic rings. The Balaban J connectivity index is 2.22. The van der Waals surface area contributed by atoms with Crippen molar-refractivity contribution < 1.29 is 13.2 Å². The van der Waals surface area contributed by atoms with Gasteiger partial charge in [-0.3, -0.25) is 9.52 Å². The fraction of sp³-hybridized carbons (Fsp3) is 0.118. The molecule has 0 atom stereocenters. The number of sulfonamides is 1. The number of carbonyl (C=O) groups excluding carboxylic acids is 1. The highest BCUT2D eigenvalue weighted by Gasteiger charge is 2.16. The summed E-state index contributed by atoms with van der Waals surface area (Å²) >= 11 is 5.77. The summed E-state index contributed by atoms with van der Waals surface area (Å²) in [6.07, 6.45) is 1.58. The molecule has 2 rings (SSSR count). The first-order chi connectivity index (χ1) is 11.3. The number of nitrogens with one attached hydrogen (secondary N) is 2. The molecule has 0 radical (unpaired) electrons. The van der Waals surface area contributed by atoms with Crippen molar-refractivity contribution in [2.24, 2.45) is 0 Å². The second-order valence-electron chi connectivity index (χ2n) is 5.09. The summed E-state index contributed by atoms with van der Waals surface area (Å²) in [6.45, 7) is 5.62. The Morgan fingerprint density at radius 2 is 1.88 bits per heavy atom. The summed E-state index contributed by atoms with van der Waals surface area (Å²) in [7, 11) is -3.72. The van der Waals surface area contributed by atoms with Gasteiger partial charge in [-0.15, -0.1) is 6.58 Å². The number of hydrogen-bond donors (Lipinski definition) is 2. The van der Waals surface area contributed by atoms with Crippen molar-refractivity contribution in [2.75, 3.05) is 11.3 Å². The van der Waals surface area contributed by atoms with Crippen LogP contribution in [-0.2, 0) is 10.0 Å². The van der Waals surface area contributed by atoms with Crippen LogP contribution < -0.4 is 10.0 Å². The highest BCUT2D eigenvalue weighted by Crippen LogP contribution is 2.22. The SMILES string of the molecule is C=CCNC(=O)c1ccc(NS(=O)(=O)c2ccc(Cl)cc2)c(C)c1. The van der Waals surface area contributed by atoms with Crippen LogP contribution in [0.1, 0.15) is 15.9 Å². The number of benzene rings is 2. The maximum Gasteiger partial charge on any atom is 0.261 e. The Morgan fingerprint density at radius 3 is 2.46 bits per heavy atom. The zero-order valence-electron chi connectivity index (χ0n) is 13.0. The van der Waals surface area contributed by atoms with Crippen molar-refractivity contribution in [3.8, 4) is 0 Å². The summed E-state index contributed by atoms with van der Waals surface area (Å²) < 4.78 is 27.3. The molecule has 24 heavy (non-hydrogen) atoms. The summed E-state index contributed by atoms with van der Waals surface area (Å²) in [6, 6.07) is 10.6. The maximum atomic E-state index is 12.4. The smallest absolute Gasteiger partial charge is 0.261 e. The fourth-order valence-corrected chi connectivity index (χ4v) is 3.26. The third-order valence-electron chi connectivity index (χ3n) is 3.26. The van der Waals surface area contributed by atoms with Crippen molar-refractivity contribution in [3.63, 3.8) is 0 Å². The van der Waals surface area contributed by atoms with Crippen LogP contribution in [0, 0.1) is 6.92 Å². The first kappa shape index (κ1) is 18.0. The predicted octanol–water partition coefficient (Wildman–Crippen LogP) is 3.37. The van der Waals surface area contributed by atoms with Crippen LogP contribution in [0.15, 0.2) is 60.0 Å². The van der Waals surface area contributed by atoms with Gasteiger partial charge in [-0.2, -0.15) is 0 Å². The molecule has 0 unspecified atom stereocenters. The molecule has 126 valence electrons. The minimum atomic E-state index is -3.72. The van der Waals surface area contributed by atoms with E-state index in [-0.39, 0.29) is 10.8 Å². The second kappa shape index (κ2) is 7.51. The highest BCUT2D eigenvalue weighted by atomic mass is 35.5. The summed E-state index contributed by atoms with van der Waals surface area (Å²) in [4.78, 5) is 12.0. The van der Waals surface area contributed by atoms with Gasteiger partial charge in [0, 0.05) is 17.1 Å². The predicted molar refractivity (Wildman–Crippen MR) is 96.0 cm³/mol. The largest absolute Gasteiger partial charge is 0.349 e. The van der Waals surface area contributed by atoms with Crippen molar-refractivity contribution in [1.29, 1.82) is 0 Å². The van der Waals surface area contributed by atoms with E-state index >= 15 is 0 Å². The number of carbonyl (C=O) groups is 1. The number of rotatable bonds is 6. The van der Waals surface area contributed by atoms with Crippen LogP contribution in [0.3, 0.4) is 0 Å². The van der Waals surface area contributed by atoms with Gasteiger partial charge in [-0.25, -0.2) is 8.42 Å². The van der Waals surface area contributed by atoms with Crippen molar-refractivity contribution in [1.82, 2.24) is 5.32 Å². The molecule has 1 amide bonds. The number of aryl methyl sites for hydroxylation is 1. The van der Waals surface area contributed by atoms with Gasteiger partial charge in [0.25, 0.3) is 15.9 Å². The molecule has 0 fully saturated rings. The molecule has 0 aromatic heterocycles. The minimum Gasteiger partial charge on any atom is -0.349 e. The van der Waals surface area contributed by atoms with E-state index in [1.165, 1.54) is 24.3 Å². The third-order valence-corrected chi connectivity index (χ3v) is 4.90. The lowest BCUT2D eigenvalue weighted by Gasteiger charge is -2.12. The monoisotopic (exact) mass is 364 g/mol. The molecule has 0 saturated carbocycles. The van der Waals surface area contributed by atoms with E-state index in [1.54, 1.807) is 31.2 Å². The van der Waals surface area contributed by atoms with Crippen LogP contribution in [-0.4, -0.2) is 20.9 Å². The molecule has 5 nitrogen and oxygen atoms in total. The second-order valence-corrected chi connectivity index (χ2v) is 7.21. The molecular weight excluding hydrogens is 348 g/mol. The van der Waals surface area contributed by atoms with Crippen LogP contribution in [0.25, 0.3) is 0 Å². The van der Waals surface area contributed by atoms with E-state index in [0.29, 0.717) is 28.4 Å². The highest BCUT2D eigenvalue weighted by molar-refractivity contribution is 7.92. The fourth-order valence-electron chi connectivity index (χ4n) is 2.00. The summed E-state index contributed by atoms with van der Waals surface area (Å²) in [5, 5.41) is 3.12. The van der Waals surface area contributed by atoms with Crippen LogP contribution in [0.4, 0.5) is 5.69 Å².